The molecule has 0 saturated carbocycles. The van der Waals surface area contributed by atoms with E-state index in [1.54, 1.807) is 14.2 Å². The zero-order valence-corrected chi connectivity index (χ0v) is 16.8. The molecule has 0 aliphatic carbocycles. The Balaban J connectivity index is 2.11. The van der Waals surface area contributed by atoms with Gasteiger partial charge in [0.2, 0.25) is 0 Å². The van der Waals surface area contributed by atoms with Crippen molar-refractivity contribution < 1.29 is 14.3 Å². The normalized spacial score (nSPS) is 12.0. The summed E-state index contributed by atoms with van der Waals surface area (Å²) >= 11 is 0. The number of aromatic nitrogens is 1. The van der Waals surface area contributed by atoms with Crippen LogP contribution in [0, 0.1) is 0 Å². The number of likely N-dealkylation sites (N-methyl/N-ethyl adjacent to an activating group) is 1. The highest BCUT2D eigenvalue weighted by Gasteiger charge is 2.23. The zero-order chi connectivity index (χ0) is 20.1. The number of fused-ring (bicyclic) bond motifs is 1. The SMILES string of the molecule is CCN(C(=O)c1cc(-c2ccc(OC)cc2)nc2ccccc12)[C@@H](C)COC. The second kappa shape index (κ2) is 8.85. The fourth-order valence-electron chi connectivity index (χ4n) is 3.40. The van der Waals surface area contributed by atoms with Crippen LogP contribution in [-0.2, 0) is 4.74 Å². The molecular weight excluding hydrogens is 352 g/mol. The summed E-state index contributed by atoms with van der Waals surface area (Å²) in [5.41, 5.74) is 3.16. The Morgan fingerprint density at radius 2 is 1.82 bits per heavy atom. The van der Waals surface area contributed by atoms with Crippen LogP contribution < -0.4 is 4.74 Å². The van der Waals surface area contributed by atoms with Crippen LogP contribution >= 0.6 is 0 Å². The van der Waals surface area contributed by atoms with E-state index in [9.17, 15) is 4.79 Å². The molecule has 1 atom stereocenters. The van der Waals surface area contributed by atoms with Crippen molar-refractivity contribution in [2.45, 2.75) is 19.9 Å². The van der Waals surface area contributed by atoms with Crippen LogP contribution in [0.15, 0.2) is 54.6 Å². The number of amides is 1. The standard InChI is InChI=1S/C23H26N2O3/c1-5-25(16(2)15-27-3)23(26)20-14-22(17-10-12-18(28-4)13-11-17)24-21-9-7-6-8-19(20)21/h6-14,16H,5,15H2,1-4H3/t16-/m0/s1. The van der Waals surface area contributed by atoms with Gasteiger partial charge >= 0.3 is 0 Å². The van der Waals surface area contributed by atoms with Crippen molar-refractivity contribution in [3.63, 3.8) is 0 Å². The lowest BCUT2D eigenvalue weighted by Crippen LogP contribution is -2.41. The van der Waals surface area contributed by atoms with Crippen molar-refractivity contribution >= 4 is 16.8 Å². The summed E-state index contributed by atoms with van der Waals surface area (Å²) in [6, 6.07) is 17.3. The van der Waals surface area contributed by atoms with Crippen molar-refractivity contribution in [3.05, 3.63) is 60.2 Å². The van der Waals surface area contributed by atoms with Gasteiger partial charge in [-0.3, -0.25) is 4.79 Å². The van der Waals surface area contributed by atoms with Gasteiger partial charge < -0.3 is 14.4 Å². The quantitative estimate of drug-likeness (QED) is 0.611. The highest BCUT2D eigenvalue weighted by atomic mass is 16.5. The van der Waals surface area contributed by atoms with Crippen LogP contribution in [0.2, 0.25) is 0 Å². The number of ether oxygens (including phenoxy) is 2. The van der Waals surface area contributed by atoms with Crippen LogP contribution in [0.5, 0.6) is 5.75 Å². The maximum atomic E-state index is 13.4. The van der Waals surface area contributed by atoms with Gasteiger partial charge in [0.15, 0.2) is 0 Å². The number of nitrogens with zero attached hydrogens (tertiary/aromatic N) is 2. The van der Waals surface area contributed by atoms with Crippen molar-refractivity contribution in [2.24, 2.45) is 0 Å². The molecule has 0 aliphatic rings. The molecule has 0 saturated heterocycles. The fourth-order valence-corrected chi connectivity index (χ4v) is 3.40. The lowest BCUT2D eigenvalue weighted by molar-refractivity contribution is 0.0581. The van der Waals surface area contributed by atoms with Gasteiger partial charge in [-0.15, -0.1) is 0 Å². The number of hydrogen-bond donors (Lipinski definition) is 0. The molecule has 0 N–H and O–H groups in total. The fraction of sp³-hybridized carbons (Fsp3) is 0.304. The first-order valence-corrected chi connectivity index (χ1v) is 9.43. The van der Waals surface area contributed by atoms with E-state index in [1.807, 2.05) is 73.3 Å². The third-order valence-electron chi connectivity index (χ3n) is 4.87. The van der Waals surface area contributed by atoms with E-state index in [2.05, 4.69) is 0 Å². The number of rotatable bonds is 7. The predicted molar refractivity (Wildman–Crippen MR) is 112 cm³/mol. The first-order chi connectivity index (χ1) is 13.6. The molecule has 0 radical (unpaired) electrons. The molecule has 3 rings (SSSR count). The summed E-state index contributed by atoms with van der Waals surface area (Å²) in [6.45, 7) is 5.09. The summed E-state index contributed by atoms with van der Waals surface area (Å²) in [5.74, 6) is 0.770. The lowest BCUT2D eigenvalue weighted by atomic mass is 10.0. The van der Waals surface area contributed by atoms with E-state index in [4.69, 9.17) is 14.5 Å². The minimum Gasteiger partial charge on any atom is -0.497 e. The molecular formula is C23H26N2O3. The molecule has 1 aromatic heterocycles. The number of para-hydroxylation sites is 1. The Morgan fingerprint density at radius 1 is 1.11 bits per heavy atom. The minimum absolute atomic E-state index is 0.0135. The third kappa shape index (κ3) is 3.99. The monoisotopic (exact) mass is 378 g/mol. The maximum Gasteiger partial charge on any atom is 0.254 e. The Bertz CT molecular complexity index is 954. The van der Waals surface area contributed by atoms with Crippen molar-refractivity contribution in [1.82, 2.24) is 9.88 Å². The Kier molecular flexibility index (Phi) is 6.26. The van der Waals surface area contributed by atoms with Crippen molar-refractivity contribution in [3.8, 4) is 17.0 Å². The molecule has 1 heterocycles. The molecule has 146 valence electrons. The summed E-state index contributed by atoms with van der Waals surface area (Å²) in [6.07, 6.45) is 0. The Labute approximate surface area is 165 Å². The molecule has 28 heavy (non-hydrogen) atoms. The summed E-state index contributed by atoms with van der Waals surface area (Å²) in [5, 5.41) is 0.854. The molecule has 5 heteroatoms. The third-order valence-corrected chi connectivity index (χ3v) is 4.87. The van der Waals surface area contributed by atoms with Gasteiger partial charge in [0.1, 0.15) is 5.75 Å². The average molecular weight is 378 g/mol. The van der Waals surface area contributed by atoms with E-state index in [0.29, 0.717) is 18.7 Å². The number of benzene rings is 2. The van der Waals surface area contributed by atoms with Gasteiger partial charge in [-0.2, -0.15) is 0 Å². The summed E-state index contributed by atoms with van der Waals surface area (Å²) in [4.78, 5) is 20.0. The van der Waals surface area contributed by atoms with Gasteiger partial charge in [0, 0.05) is 24.6 Å². The Hall–Kier alpha value is -2.92. The van der Waals surface area contributed by atoms with E-state index in [1.165, 1.54) is 0 Å². The van der Waals surface area contributed by atoms with Crippen molar-refractivity contribution in [1.29, 1.82) is 0 Å². The van der Waals surface area contributed by atoms with E-state index >= 15 is 0 Å². The molecule has 0 bridgehead atoms. The molecule has 2 aromatic carbocycles. The molecule has 0 unspecified atom stereocenters. The second-order valence-electron chi connectivity index (χ2n) is 6.70. The number of pyridine rings is 1. The average Bonchev–Trinajstić information content (AvgIpc) is 2.73. The molecule has 0 aliphatic heterocycles. The molecule has 0 spiro atoms. The largest absolute Gasteiger partial charge is 0.497 e. The molecule has 0 fully saturated rings. The van der Waals surface area contributed by atoms with Crippen molar-refractivity contribution in [2.75, 3.05) is 27.4 Å². The van der Waals surface area contributed by atoms with Crippen LogP contribution in [0.4, 0.5) is 0 Å². The predicted octanol–water partition coefficient (Wildman–Crippen LogP) is 4.41. The molecule has 3 aromatic rings. The van der Waals surface area contributed by atoms with Gasteiger partial charge in [-0.1, -0.05) is 18.2 Å². The van der Waals surface area contributed by atoms with Crippen LogP contribution in [0.25, 0.3) is 22.2 Å². The zero-order valence-electron chi connectivity index (χ0n) is 16.8. The van der Waals surface area contributed by atoms with Crippen LogP contribution in [-0.4, -0.2) is 49.2 Å². The summed E-state index contributed by atoms with van der Waals surface area (Å²) in [7, 11) is 3.29. The van der Waals surface area contributed by atoms with Gasteiger partial charge in [0.05, 0.1) is 36.5 Å². The van der Waals surface area contributed by atoms with Gasteiger partial charge in [-0.25, -0.2) is 4.98 Å². The smallest absolute Gasteiger partial charge is 0.254 e. The lowest BCUT2D eigenvalue weighted by Gasteiger charge is -2.28. The highest BCUT2D eigenvalue weighted by Crippen LogP contribution is 2.27. The van der Waals surface area contributed by atoms with Crippen LogP contribution in [0.1, 0.15) is 24.2 Å². The second-order valence-corrected chi connectivity index (χ2v) is 6.70. The maximum absolute atomic E-state index is 13.4. The van der Waals surface area contributed by atoms with E-state index in [-0.39, 0.29) is 11.9 Å². The molecule has 5 nitrogen and oxygen atoms in total. The summed E-state index contributed by atoms with van der Waals surface area (Å²) < 4.78 is 10.5. The van der Waals surface area contributed by atoms with Crippen LogP contribution in [0.3, 0.4) is 0 Å². The first-order valence-electron chi connectivity index (χ1n) is 9.43. The topological polar surface area (TPSA) is 51.7 Å². The number of carbonyl (C=O) groups is 1. The van der Waals surface area contributed by atoms with E-state index < -0.39 is 0 Å². The number of carbonyl (C=O) groups excluding carboxylic acids is 1. The Morgan fingerprint density at radius 3 is 2.46 bits per heavy atom. The minimum atomic E-state index is -0.0149. The molecule has 1 amide bonds. The highest BCUT2D eigenvalue weighted by molar-refractivity contribution is 6.07. The number of methoxy groups -OCH3 is 2. The first kappa shape index (κ1) is 19.8. The van der Waals surface area contributed by atoms with Gasteiger partial charge in [0.25, 0.3) is 5.91 Å². The van der Waals surface area contributed by atoms with Gasteiger partial charge in [-0.05, 0) is 50.2 Å². The van der Waals surface area contributed by atoms with E-state index in [0.717, 1.165) is 27.9 Å². The number of hydrogen-bond acceptors (Lipinski definition) is 4.